The molecule has 3 aromatic carbocycles. The molecule has 7 rings (SSSR count). The zero-order valence-corrected chi connectivity index (χ0v) is 42.2. The zero-order chi connectivity index (χ0) is 52.0. The molecule has 4 heterocycles. The Kier molecular flexibility index (Phi) is 16.9. The average molecular weight is 1010 g/mol. The Hall–Kier alpha value is -6.57. The first-order valence-corrected chi connectivity index (χ1v) is 25.4. The Morgan fingerprint density at radius 3 is 2.36 bits per heavy atom. The number of carbonyl (C=O) groups is 7. The number of rotatable bonds is 19. The summed E-state index contributed by atoms with van der Waals surface area (Å²) in [6.45, 7) is 8.73. The first kappa shape index (κ1) is 53.2. The first-order valence-electron chi connectivity index (χ1n) is 24.5. The minimum atomic E-state index is -1.32. The van der Waals surface area contributed by atoms with Gasteiger partial charge in [-0.3, -0.25) is 33.7 Å². The van der Waals surface area contributed by atoms with Gasteiger partial charge in [-0.2, -0.15) is 0 Å². The molecule has 1 fully saturated rings. The van der Waals surface area contributed by atoms with Crippen molar-refractivity contribution in [2.24, 2.45) is 16.9 Å². The number of amides is 6. The van der Waals surface area contributed by atoms with E-state index in [2.05, 4.69) is 20.9 Å². The van der Waals surface area contributed by atoms with Gasteiger partial charge in [0.15, 0.2) is 0 Å². The number of carbonyl (C=O) groups excluding carboxylic acids is 7. The van der Waals surface area contributed by atoms with Crippen molar-refractivity contribution in [2.45, 2.75) is 148 Å². The number of aromatic nitrogens is 1. The van der Waals surface area contributed by atoms with Crippen LogP contribution in [0.4, 0.5) is 10.1 Å². The predicted molar refractivity (Wildman–Crippen MR) is 268 cm³/mol. The summed E-state index contributed by atoms with van der Waals surface area (Å²) in [5.41, 5.74) is 18.5. The fourth-order valence-corrected chi connectivity index (χ4v) is 10.5. The molecule has 8 N–H and O–H groups in total. The van der Waals surface area contributed by atoms with E-state index in [0.717, 1.165) is 32.8 Å². The van der Waals surface area contributed by atoms with E-state index in [4.69, 9.17) is 16.2 Å². The normalized spacial score (nSPS) is 19.7. The van der Waals surface area contributed by atoms with E-state index in [1.807, 2.05) is 77.1 Å². The molecule has 0 radical (unpaired) electrons. The number of aliphatic hydroxyl groups excluding tert-OH is 1. The Labute approximate surface area is 422 Å². The van der Waals surface area contributed by atoms with Crippen molar-refractivity contribution in [1.29, 1.82) is 0 Å². The Balaban J connectivity index is 0.883. The largest absolute Gasteiger partial charge is 0.459 e. The molecule has 0 unspecified atom stereocenters. The van der Waals surface area contributed by atoms with E-state index in [-0.39, 0.29) is 56.2 Å². The molecular formula is C53H65FN8O9S. The molecule has 6 amide bonds. The number of benzene rings is 3. The molecule has 0 saturated carbocycles. The maximum absolute atomic E-state index is 15.4. The molecule has 72 heavy (non-hydrogen) atoms. The van der Waals surface area contributed by atoms with E-state index in [1.165, 1.54) is 21.9 Å². The molecule has 384 valence electrons. The van der Waals surface area contributed by atoms with Crippen LogP contribution in [0.5, 0.6) is 0 Å². The molecule has 1 saturated heterocycles. The quantitative estimate of drug-likeness (QED) is 0.0568. The van der Waals surface area contributed by atoms with Crippen LogP contribution in [0.3, 0.4) is 0 Å². The molecule has 19 heteroatoms. The van der Waals surface area contributed by atoms with E-state index in [1.54, 1.807) is 22.9 Å². The second kappa shape index (κ2) is 22.9. The smallest absolute Gasteiger partial charge is 0.328 e. The molecule has 0 aliphatic carbocycles. The number of anilines is 1. The number of unbranched alkanes of at least 4 members (excludes halogenated alkanes) is 1. The number of nitrogens with one attached hydrogen (secondary N) is 3. The number of esters is 1. The lowest BCUT2D eigenvalue weighted by atomic mass is 9.85. The number of β-amino-alcohol motifs (C(OH)–C–C–N with tert-alkyl or cyclic N) is 1. The number of aliphatic hydroxyl groups is 1. The standard InChI is InChI=1S/C53H65FN8O9S/c1-29(32-15-17-34(18-16-32)46-30(2)57-28-72-46)58-48(66)41-25-37(63)26-61(41)51(69)47(53(3,4)5)60-44(65)12-7-6-9-31-13-14-36(38(54)23-31)27-71-52(70)40(21-22-43(56)64)59-49(67)42-24-35-11-8-10-33-19-20-39(55)50(68)62(42)45(33)35/h8,10-11,13-18,23,28-29,37,39-42,47,63H,6-7,9,12,19-22,24-27,55H2,1-5H3,(H2,56,64)(H,58,66)(H,59,67)(H,60,65)/t29-,37+,39-,40-,41-,42-,47+/m0/s1. The van der Waals surface area contributed by atoms with Crippen LogP contribution in [0.25, 0.3) is 10.4 Å². The van der Waals surface area contributed by atoms with Crippen LogP contribution in [0.2, 0.25) is 0 Å². The number of hydrogen-bond donors (Lipinski definition) is 6. The van der Waals surface area contributed by atoms with Crippen molar-refractivity contribution in [3.8, 4) is 10.4 Å². The number of aryl methyl sites for hydroxylation is 3. The summed E-state index contributed by atoms with van der Waals surface area (Å²) < 4.78 is 20.9. The molecule has 7 atom stereocenters. The highest BCUT2D eigenvalue weighted by molar-refractivity contribution is 7.13. The van der Waals surface area contributed by atoms with Gasteiger partial charge < -0.3 is 42.2 Å². The van der Waals surface area contributed by atoms with Gasteiger partial charge in [0.2, 0.25) is 35.4 Å². The molecule has 17 nitrogen and oxygen atoms in total. The van der Waals surface area contributed by atoms with Crippen molar-refractivity contribution in [1.82, 2.24) is 25.8 Å². The third kappa shape index (κ3) is 12.5. The van der Waals surface area contributed by atoms with Crippen molar-refractivity contribution in [3.05, 3.63) is 106 Å². The van der Waals surface area contributed by atoms with Gasteiger partial charge in [-0.1, -0.05) is 75.4 Å². The summed E-state index contributed by atoms with van der Waals surface area (Å²) >= 11 is 1.55. The highest BCUT2D eigenvalue weighted by Crippen LogP contribution is 2.39. The van der Waals surface area contributed by atoms with Gasteiger partial charge in [-0.05, 0) is 91.7 Å². The van der Waals surface area contributed by atoms with Crippen molar-refractivity contribution >= 4 is 58.4 Å². The third-order valence-corrected chi connectivity index (χ3v) is 14.7. The van der Waals surface area contributed by atoms with Crippen LogP contribution < -0.4 is 32.3 Å². The summed E-state index contributed by atoms with van der Waals surface area (Å²) in [5.74, 6) is -4.53. The van der Waals surface area contributed by atoms with Crippen molar-refractivity contribution < 1.29 is 47.8 Å². The molecule has 4 aromatic rings. The lowest BCUT2D eigenvalue weighted by molar-refractivity contribution is -0.149. The second-order valence-corrected chi connectivity index (χ2v) is 21.0. The number of ether oxygens (including phenoxy) is 1. The first-order chi connectivity index (χ1) is 34.2. The summed E-state index contributed by atoms with van der Waals surface area (Å²) in [5, 5.41) is 19.2. The van der Waals surface area contributed by atoms with Crippen molar-refractivity contribution in [3.63, 3.8) is 0 Å². The maximum Gasteiger partial charge on any atom is 0.328 e. The van der Waals surface area contributed by atoms with Crippen molar-refractivity contribution in [2.75, 3.05) is 11.4 Å². The minimum absolute atomic E-state index is 0.0552. The van der Waals surface area contributed by atoms with Gasteiger partial charge in [-0.15, -0.1) is 11.3 Å². The Morgan fingerprint density at radius 2 is 1.68 bits per heavy atom. The summed E-state index contributed by atoms with van der Waals surface area (Å²) in [7, 11) is 0. The van der Waals surface area contributed by atoms with E-state index in [9.17, 15) is 38.7 Å². The van der Waals surface area contributed by atoms with E-state index >= 15 is 4.39 Å². The van der Waals surface area contributed by atoms with Crippen LogP contribution in [0.15, 0.2) is 66.2 Å². The average Bonchev–Trinajstić information content (AvgIpc) is 4.05. The topological polar surface area (TPSA) is 256 Å². The number of likely N-dealkylation sites (tertiary alicyclic amines) is 1. The number of thiazole rings is 1. The Morgan fingerprint density at radius 1 is 0.958 bits per heavy atom. The van der Waals surface area contributed by atoms with Gasteiger partial charge in [0.05, 0.1) is 40.0 Å². The molecule has 3 aliphatic rings. The summed E-state index contributed by atoms with van der Waals surface area (Å²) in [4.78, 5) is 102. The van der Waals surface area contributed by atoms with Gasteiger partial charge in [0.1, 0.15) is 36.6 Å². The number of halogens is 1. The molecule has 0 bridgehead atoms. The Bertz CT molecular complexity index is 2690. The molecular weight excluding hydrogens is 944 g/mol. The van der Waals surface area contributed by atoms with E-state index < -0.39 is 89.7 Å². The third-order valence-electron chi connectivity index (χ3n) is 13.7. The predicted octanol–water partition coefficient (Wildman–Crippen LogP) is 4.37. The van der Waals surface area contributed by atoms with Crippen LogP contribution in [-0.4, -0.2) is 99.3 Å². The molecule has 3 aliphatic heterocycles. The maximum atomic E-state index is 15.4. The highest BCUT2D eigenvalue weighted by atomic mass is 32.1. The minimum Gasteiger partial charge on any atom is -0.459 e. The summed E-state index contributed by atoms with van der Waals surface area (Å²) in [6.07, 6.45) is 1.31. The lowest BCUT2D eigenvalue weighted by Crippen LogP contribution is -2.57. The monoisotopic (exact) mass is 1010 g/mol. The van der Waals surface area contributed by atoms with Crippen LogP contribution in [0, 0.1) is 18.2 Å². The fraction of sp³-hybridized carbons (Fsp3) is 0.472. The summed E-state index contributed by atoms with van der Waals surface area (Å²) in [6, 6.07) is 12.5. The SMILES string of the molecule is Cc1ncsc1-c1ccc([C@H](C)NC(=O)[C@@H]2C[C@@H](O)CN2C(=O)[C@@H](NC(=O)CCCCc2ccc(COC(=O)[C@H](CCC(N)=O)NC(=O)[C@@H]3Cc4cccc5c4N3C(=O)[C@@H](N)CC5)c(F)c2)C(C)(C)C)cc1. The number of hydrogen-bond acceptors (Lipinski definition) is 12. The lowest BCUT2D eigenvalue weighted by Gasteiger charge is -2.35. The molecule has 1 aromatic heterocycles. The van der Waals surface area contributed by atoms with E-state index in [0.29, 0.717) is 43.4 Å². The van der Waals surface area contributed by atoms with Gasteiger partial charge in [-0.25, -0.2) is 14.2 Å². The molecule has 0 spiro atoms. The fourth-order valence-electron chi connectivity index (χ4n) is 9.64. The number of nitrogens with two attached hydrogens (primary N) is 2. The number of para-hydroxylation sites is 1. The number of primary amides is 1. The van der Waals surface area contributed by atoms with Crippen LogP contribution in [0.1, 0.15) is 112 Å². The number of nitrogens with zero attached hydrogens (tertiary/aromatic N) is 3. The zero-order valence-electron chi connectivity index (χ0n) is 41.4. The van der Waals surface area contributed by atoms with Gasteiger partial charge in [0.25, 0.3) is 0 Å². The van der Waals surface area contributed by atoms with Gasteiger partial charge in [0, 0.05) is 37.8 Å². The van der Waals surface area contributed by atoms with Crippen LogP contribution in [-0.2, 0) is 64.2 Å². The van der Waals surface area contributed by atoms with Crippen LogP contribution >= 0.6 is 11.3 Å². The second-order valence-electron chi connectivity index (χ2n) is 20.2. The highest BCUT2D eigenvalue weighted by Gasteiger charge is 2.46. The van der Waals surface area contributed by atoms with Gasteiger partial charge >= 0.3 is 5.97 Å².